The van der Waals surface area contributed by atoms with Crippen LogP contribution < -0.4 is 21.3 Å². The van der Waals surface area contributed by atoms with E-state index < -0.39 is 143 Å². The first-order valence-corrected chi connectivity index (χ1v) is 27.1. The molecule has 2 heterocycles. The molecule has 0 fully saturated rings. The van der Waals surface area contributed by atoms with Gasteiger partial charge >= 0.3 is 11.9 Å². The summed E-state index contributed by atoms with van der Waals surface area (Å²) >= 11 is 1.89. The Hall–Kier alpha value is -7.56. The molecular formula is C51H68N12O14S2. The summed E-state index contributed by atoms with van der Waals surface area (Å²) in [6.07, 6.45) is 3.93. The number of thioether (sulfide) groups is 2. The Morgan fingerprint density at radius 1 is 0.519 bits per heavy atom. The maximum atomic E-state index is 14.8. The van der Waals surface area contributed by atoms with Crippen LogP contribution in [0.15, 0.2) is 60.9 Å². The van der Waals surface area contributed by atoms with E-state index in [2.05, 4.69) is 41.2 Å². The van der Waals surface area contributed by atoms with E-state index in [0.717, 1.165) is 43.1 Å². The topological polar surface area (TPSA) is 364 Å². The van der Waals surface area contributed by atoms with Crippen molar-refractivity contribution in [2.75, 3.05) is 53.4 Å². The molecule has 428 valence electrons. The van der Waals surface area contributed by atoms with Crippen LogP contribution in [0.1, 0.15) is 62.5 Å². The summed E-state index contributed by atoms with van der Waals surface area (Å²) in [5, 5.41) is 50.4. The van der Waals surface area contributed by atoms with E-state index in [1.165, 1.54) is 54.4 Å². The van der Waals surface area contributed by atoms with Crippen LogP contribution in [-0.2, 0) is 38.4 Å². The number of carbonyl (C=O) groups excluding carboxylic acids is 8. The van der Waals surface area contributed by atoms with Gasteiger partial charge in [-0.25, -0.2) is 19.6 Å². The lowest BCUT2D eigenvalue weighted by Crippen LogP contribution is -2.61. The van der Waals surface area contributed by atoms with Gasteiger partial charge < -0.3 is 61.3 Å². The van der Waals surface area contributed by atoms with Crippen LogP contribution in [0, 0.1) is 11.8 Å². The van der Waals surface area contributed by atoms with E-state index in [1.807, 2.05) is 0 Å². The molecule has 2 aromatic heterocycles. The fraction of sp³-hybridized carbons (Fsp3) is 0.490. The molecule has 9 atom stereocenters. The molecule has 0 saturated carbocycles. The van der Waals surface area contributed by atoms with Gasteiger partial charge in [0.2, 0.25) is 35.4 Å². The summed E-state index contributed by atoms with van der Waals surface area (Å²) in [6.45, 7) is 6.99. The summed E-state index contributed by atoms with van der Waals surface area (Å²) in [4.78, 5) is 157. The number of fused-ring (bicyclic) bond motifs is 2. The third kappa shape index (κ3) is 16.0. The molecule has 2 aromatic carbocycles. The number of carboxylic acid groups (broad SMARTS) is 2. The predicted octanol–water partition coefficient (Wildman–Crippen LogP) is -0.324. The van der Waals surface area contributed by atoms with Crippen LogP contribution in [0.25, 0.3) is 22.1 Å². The Morgan fingerprint density at radius 2 is 0.886 bits per heavy atom. The van der Waals surface area contributed by atoms with Gasteiger partial charge in [0.1, 0.15) is 59.7 Å². The molecule has 4 aromatic rings. The van der Waals surface area contributed by atoms with Gasteiger partial charge in [-0.05, 0) is 56.2 Å². The third-order valence-corrected chi connectivity index (χ3v) is 15.6. The zero-order chi connectivity index (χ0) is 59.2. The van der Waals surface area contributed by atoms with Crippen molar-refractivity contribution in [3.8, 4) is 0 Å². The van der Waals surface area contributed by atoms with Crippen LogP contribution in [0.2, 0.25) is 0 Å². The van der Waals surface area contributed by atoms with Gasteiger partial charge in [-0.15, -0.1) is 23.5 Å². The van der Waals surface area contributed by atoms with E-state index in [-0.39, 0.29) is 11.4 Å². The van der Waals surface area contributed by atoms with Gasteiger partial charge in [-0.3, -0.25) is 48.3 Å². The molecule has 4 rings (SSSR count). The van der Waals surface area contributed by atoms with Crippen molar-refractivity contribution >= 4 is 105 Å². The quantitative estimate of drug-likeness (QED) is 0.0355. The fourth-order valence-electron chi connectivity index (χ4n) is 8.44. The molecule has 0 bridgehead atoms. The van der Waals surface area contributed by atoms with Gasteiger partial charge in [0.25, 0.3) is 11.8 Å². The Labute approximate surface area is 464 Å². The maximum absolute atomic E-state index is 14.8. The lowest BCUT2D eigenvalue weighted by Gasteiger charge is -2.39. The van der Waals surface area contributed by atoms with E-state index in [1.54, 1.807) is 82.5 Å². The predicted molar refractivity (Wildman–Crippen MR) is 292 cm³/mol. The maximum Gasteiger partial charge on any atom is 0.326 e. The summed E-state index contributed by atoms with van der Waals surface area (Å²) in [7, 11) is 4.92. The first-order chi connectivity index (χ1) is 37.2. The fourth-order valence-corrected chi connectivity index (χ4v) is 11.0. The molecule has 8 amide bonds. The van der Waals surface area contributed by atoms with Gasteiger partial charge in [0.05, 0.1) is 52.3 Å². The number of nitrogens with zero attached hydrogens (tertiary/aromatic N) is 8. The summed E-state index contributed by atoms with van der Waals surface area (Å²) in [5.74, 6) is -11.7. The molecular weight excluding hydrogens is 1070 g/mol. The number of aliphatic hydroxyl groups is 2. The first kappa shape index (κ1) is 64.0. The standard InChI is InChI=1S/C51H68N12O14S2/c1-25(2)38(49(74)75)61(8)47(72)37(60(7)45(70)27(5)54-43(68)35(22-64)58-41(66)33-20-52-29-16-12-14-18-31(29)56-33)24-79-51(78-11)40(48(73)62(9)39(26(3)4)50(76)77)63(10)46(71)28(6)55-44(69)36(23-65)59-42(67)34-21-53-30-17-13-15-19-32(30)57-34/h12-21,25-28,35-40,51,64-65H,22-24H2,1-11H3,(H,54,68)(H,55,69)(H,58,66)(H,59,67)(H,74,75)(H,76,77)/t27-,28-,35+,36+,37+,38-,39-,40-,51-/m0/s1. The highest BCUT2D eigenvalue weighted by atomic mass is 32.2. The van der Waals surface area contributed by atoms with Crippen LogP contribution in [-0.4, -0.2) is 225 Å². The molecule has 0 saturated heterocycles. The average molecular weight is 1140 g/mol. The lowest BCUT2D eigenvalue weighted by atomic mass is 10.0. The van der Waals surface area contributed by atoms with Gasteiger partial charge in [0.15, 0.2) is 0 Å². The van der Waals surface area contributed by atoms with Crippen molar-refractivity contribution in [1.29, 1.82) is 0 Å². The monoisotopic (exact) mass is 1140 g/mol. The molecule has 0 spiro atoms. The minimum Gasteiger partial charge on any atom is -0.480 e. The molecule has 0 radical (unpaired) electrons. The van der Waals surface area contributed by atoms with Crippen molar-refractivity contribution in [3.63, 3.8) is 0 Å². The Bertz CT molecular complexity index is 2900. The van der Waals surface area contributed by atoms with Gasteiger partial charge in [0, 0.05) is 33.9 Å². The molecule has 79 heavy (non-hydrogen) atoms. The minimum atomic E-state index is -1.60. The number of likely N-dealkylation sites (N-methyl/N-ethyl adjacent to an activating group) is 4. The number of aliphatic carboxylic acids is 2. The number of para-hydroxylation sites is 4. The van der Waals surface area contributed by atoms with E-state index in [9.17, 15) is 68.4 Å². The Kier molecular flexibility index (Phi) is 23.4. The number of benzene rings is 2. The molecule has 28 heteroatoms. The number of aromatic nitrogens is 4. The highest BCUT2D eigenvalue weighted by Gasteiger charge is 2.44. The van der Waals surface area contributed by atoms with Crippen molar-refractivity contribution < 1.29 is 68.4 Å². The van der Waals surface area contributed by atoms with Crippen LogP contribution in [0.5, 0.6) is 0 Å². The number of carbonyl (C=O) groups is 10. The number of nitrogens with one attached hydrogen (secondary N) is 4. The smallest absolute Gasteiger partial charge is 0.326 e. The van der Waals surface area contributed by atoms with Crippen LogP contribution in [0.3, 0.4) is 0 Å². The largest absolute Gasteiger partial charge is 0.480 e. The first-order valence-electron chi connectivity index (χ1n) is 24.7. The SMILES string of the molecule is CS[C@@H](SC[C@H](C(=O)N(C)[C@H](C(=O)O)C(C)C)N(C)C(=O)[C@H](C)NC(=O)[C@@H](CO)NC(=O)c1cnc2ccccc2n1)[C@H](C(=O)N(C)[C@H](C(=O)O)C(C)C)N(C)C(=O)[C@H](C)NC(=O)[C@@H](CO)NC(=O)c1cnc2ccccc2n1. The lowest BCUT2D eigenvalue weighted by molar-refractivity contribution is -0.154. The zero-order valence-electron chi connectivity index (χ0n) is 45.5. The van der Waals surface area contributed by atoms with E-state index in [4.69, 9.17) is 0 Å². The van der Waals surface area contributed by atoms with E-state index >= 15 is 0 Å². The van der Waals surface area contributed by atoms with Crippen molar-refractivity contribution in [2.24, 2.45) is 11.8 Å². The van der Waals surface area contributed by atoms with Crippen molar-refractivity contribution in [3.05, 3.63) is 72.3 Å². The summed E-state index contributed by atoms with van der Waals surface area (Å²) < 4.78 is -1.11. The molecule has 8 N–H and O–H groups in total. The number of carboxylic acids is 2. The second-order valence-corrected chi connectivity index (χ2v) is 21.6. The second kappa shape index (κ2) is 28.9. The van der Waals surface area contributed by atoms with E-state index in [0.29, 0.717) is 22.1 Å². The van der Waals surface area contributed by atoms with Gasteiger partial charge in [-0.2, -0.15) is 0 Å². The van der Waals surface area contributed by atoms with Crippen LogP contribution >= 0.6 is 23.5 Å². The van der Waals surface area contributed by atoms with Crippen LogP contribution in [0.4, 0.5) is 0 Å². The summed E-state index contributed by atoms with van der Waals surface area (Å²) in [5.41, 5.74) is 1.44. The second-order valence-electron chi connectivity index (χ2n) is 19.1. The number of hydrogen-bond acceptors (Lipinski definition) is 18. The average Bonchev–Trinajstić information content (AvgIpc) is 3.42. The number of rotatable bonds is 27. The molecule has 0 unspecified atom stereocenters. The van der Waals surface area contributed by atoms with Crippen molar-refractivity contribution in [1.82, 2.24) is 60.8 Å². The number of aliphatic hydroxyl groups excluding tert-OH is 2. The summed E-state index contributed by atoms with van der Waals surface area (Å²) in [6, 6.07) is 1.36. The highest BCUT2D eigenvalue weighted by Crippen LogP contribution is 2.32. The molecule has 0 aliphatic carbocycles. The Morgan fingerprint density at radius 3 is 1.25 bits per heavy atom. The molecule has 26 nitrogen and oxygen atoms in total. The van der Waals surface area contributed by atoms with Gasteiger partial charge in [-0.1, -0.05) is 52.0 Å². The molecule has 0 aliphatic heterocycles. The third-order valence-electron chi connectivity index (χ3n) is 12.8. The normalized spacial score (nSPS) is 14.8. The van der Waals surface area contributed by atoms with Crippen molar-refractivity contribution in [2.45, 2.75) is 94.5 Å². The highest BCUT2D eigenvalue weighted by molar-refractivity contribution is 8.16. The Balaban J connectivity index is 1.63. The minimum absolute atomic E-state index is 0.168. The number of amides is 8. The molecule has 0 aliphatic rings. The zero-order valence-corrected chi connectivity index (χ0v) is 47.1. The number of hydrogen-bond donors (Lipinski definition) is 8.